The van der Waals surface area contributed by atoms with Crippen LogP contribution in [0.5, 0.6) is 0 Å². The smallest absolute Gasteiger partial charge is 0.326 e. The minimum absolute atomic E-state index is 0.107. The van der Waals surface area contributed by atoms with E-state index in [4.69, 9.17) is 4.74 Å². The van der Waals surface area contributed by atoms with Crippen molar-refractivity contribution < 1.29 is 9.53 Å². The van der Waals surface area contributed by atoms with Crippen molar-refractivity contribution in [3.05, 3.63) is 0 Å². The highest BCUT2D eigenvalue weighted by molar-refractivity contribution is 5.80. The number of carbonyl (C=O) groups excluding carboxylic acids is 1. The second-order valence-electron chi connectivity index (χ2n) is 6.50. The number of rotatable bonds is 10. The van der Waals surface area contributed by atoms with Gasteiger partial charge in [0.2, 0.25) is 0 Å². The van der Waals surface area contributed by atoms with Crippen LogP contribution < -0.4 is 5.32 Å². The number of hydrogen-bond donors (Lipinski definition) is 1. The average Bonchev–Trinajstić information content (AvgIpc) is 3.27. The van der Waals surface area contributed by atoms with Gasteiger partial charge in [-0.05, 0) is 58.4 Å². The Bertz CT molecular complexity index is 326. The Morgan fingerprint density at radius 1 is 1.30 bits per heavy atom. The molecule has 2 aliphatic carbocycles. The Kier molecular flexibility index (Phi) is 5.44. The first-order chi connectivity index (χ1) is 9.59. The van der Waals surface area contributed by atoms with Gasteiger partial charge in [0, 0.05) is 19.1 Å². The molecule has 0 aromatic rings. The van der Waals surface area contributed by atoms with Gasteiger partial charge in [0.1, 0.15) is 5.54 Å². The summed E-state index contributed by atoms with van der Waals surface area (Å²) in [6.07, 6.45) is 6.30. The molecule has 1 unspecified atom stereocenters. The molecule has 0 amide bonds. The van der Waals surface area contributed by atoms with Gasteiger partial charge in [0.25, 0.3) is 0 Å². The summed E-state index contributed by atoms with van der Waals surface area (Å²) in [6.45, 7) is 9.37. The molecular formula is C16H30N2O2. The quantitative estimate of drug-likeness (QED) is 0.624. The predicted molar refractivity (Wildman–Crippen MR) is 80.7 cm³/mol. The van der Waals surface area contributed by atoms with Gasteiger partial charge in [0.05, 0.1) is 6.61 Å². The van der Waals surface area contributed by atoms with Crippen LogP contribution in [0.25, 0.3) is 0 Å². The zero-order valence-electron chi connectivity index (χ0n) is 13.3. The Morgan fingerprint density at radius 3 is 2.50 bits per heavy atom. The standard InChI is InChI=1S/C16H30N2O2/c1-4-17-16(3,15(19)20-5-2)10-11-18(14-8-9-14)12-13-6-7-13/h13-14,17H,4-12H2,1-3H3. The highest BCUT2D eigenvalue weighted by Gasteiger charge is 2.38. The van der Waals surface area contributed by atoms with Crippen molar-refractivity contribution in [1.82, 2.24) is 10.2 Å². The maximum atomic E-state index is 12.2. The Morgan fingerprint density at radius 2 is 2.00 bits per heavy atom. The molecule has 2 saturated carbocycles. The molecule has 0 bridgehead atoms. The third-order valence-electron chi connectivity index (χ3n) is 4.44. The molecule has 1 N–H and O–H groups in total. The molecule has 2 aliphatic rings. The molecule has 1 atom stereocenters. The van der Waals surface area contributed by atoms with Crippen molar-refractivity contribution in [2.75, 3.05) is 26.2 Å². The van der Waals surface area contributed by atoms with Crippen LogP contribution in [0, 0.1) is 5.92 Å². The number of hydrogen-bond acceptors (Lipinski definition) is 4. The van der Waals surface area contributed by atoms with E-state index >= 15 is 0 Å². The van der Waals surface area contributed by atoms with Gasteiger partial charge in [-0.1, -0.05) is 6.92 Å². The molecule has 0 aromatic carbocycles. The first-order valence-corrected chi connectivity index (χ1v) is 8.25. The first-order valence-electron chi connectivity index (χ1n) is 8.25. The van der Waals surface area contributed by atoms with E-state index in [-0.39, 0.29) is 5.97 Å². The molecule has 4 heteroatoms. The van der Waals surface area contributed by atoms with E-state index in [2.05, 4.69) is 10.2 Å². The highest BCUT2D eigenvalue weighted by Crippen LogP contribution is 2.35. The van der Waals surface area contributed by atoms with Gasteiger partial charge in [-0.15, -0.1) is 0 Å². The Labute approximate surface area is 123 Å². The summed E-state index contributed by atoms with van der Waals surface area (Å²) in [5.74, 6) is 0.813. The van der Waals surface area contributed by atoms with Gasteiger partial charge in [0.15, 0.2) is 0 Å². The Balaban J connectivity index is 1.86. The van der Waals surface area contributed by atoms with E-state index in [0.29, 0.717) is 6.61 Å². The summed E-state index contributed by atoms with van der Waals surface area (Å²) in [7, 11) is 0. The van der Waals surface area contributed by atoms with Crippen LogP contribution in [0.1, 0.15) is 52.9 Å². The van der Waals surface area contributed by atoms with E-state index in [1.807, 2.05) is 20.8 Å². The minimum atomic E-state index is -0.540. The predicted octanol–water partition coefficient (Wildman–Crippen LogP) is 2.18. The fraction of sp³-hybridized carbons (Fsp3) is 0.938. The molecule has 0 radical (unpaired) electrons. The third kappa shape index (κ3) is 4.45. The summed E-state index contributed by atoms with van der Waals surface area (Å²) in [5.41, 5.74) is -0.540. The molecule has 0 aromatic heterocycles. The van der Waals surface area contributed by atoms with Crippen molar-refractivity contribution in [3.8, 4) is 0 Å². The number of nitrogens with zero attached hydrogens (tertiary/aromatic N) is 1. The number of likely N-dealkylation sites (N-methyl/N-ethyl adjacent to an activating group) is 1. The summed E-state index contributed by atoms with van der Waals surface area (Å²) >= 11 is 0. The lowest BCUT2D eigenvalue weighted by Crippen LogP contribution is -2.52. The van der Waals surface area contributed by atoms with Crippen molar-refractivity contribution in [3.63, 3.8) is 0 Å². The Hall–Kier alpha value is -0.610. The molecule has 0 spiro atoms. The molecule has 116 valence electrons. The molecular weight excluding hydrogens is 252 g/mol. The monoisotopic (exact) mass is 282 g/mol. The van der Waals surface area contributed by atoms with Crippen molar-refractivity contribution in [2.24, 2.45) is 5.92 Å². The highest BCUT2D eigenvalue weighted by atomic mass is 16.5. The van der Waals surface area contributed by atoms with Crippen molar-refractivity contribution >= 4 is 5.97 Å². The summed E-state index contributed by atoms with van der Waals surface area (Å²) in [6, 6.07) is 0.781. The van der Waals surface area contributed by atoms with Gasteiger partial charge in [-0.3, -0.25) is 4.79 Å². The van der Waals surface area contributed by atoms with Gasteiger partial charge < -0.3 is 15.0 Å². The molecule has 2 fully saturated rings. The minimum Gasteiger partial charge on any atom is -0.465 e. The van der Waals surface area contributed by atoms with E-state index in [1.165, 1.54) is 32.2 Å². The molecule has 4 nitrogen and oxygen atoms in total. The molecule has 0 saturated heterocycles. The van der Waals surface area contributed by atoms with Crippen LogP contribution in [-0.2, 0) is 9.53 Å². The van der Waals surface area contributed by atoms with Gasteiger partial charge in [-0.2, -0.15) is 0 Å². The van der Waals surface area contributed by atoms with Crippen LogP contribution in [0.15, 0.2) is 0 Å². The largest absolute Gasteiger partial charge is 0.465 e. The number of esters is 1. The zero-order chi connectivity index (χ0) is 14.6. The van der Waals surface area contributed by atoms with E-state index in [9.17, 15) is 4.79 Å². The third-order valence-corrected chi connectivity index (χ3v) is 4.44. The van der Waals surface area contributed by atoms with E-state index < -0.39 is 5.54 Å². The normalized spacial score (nSPS) is 21.8. The van der Waals surface area contributed by atoms with Crippen molar-refractivity contribution in [2.45, 2.75) is 64.5 Å². The zero-order valence-corrected chi connectivity index (χ0v) is 13.3. The molecule has 0 aliphatic heterocycles. The number of carbonyl (C=O) groups is 1. The van der Waals surface area contributed by atoms with Crippen LogP contribution in [0.3, 0.4) is 0 Å². The molecule has 20 heavy (non-hydrogen) atoms. The lowest BCUT2D eigenvalue weighted by atomic mass is 9.97. The topological polar surface area (TPSA) is 41.6 Å². The SMILES string of the molecule is CCNC(C)(CCN(CC1CC1)C1CC1)C(=O)OCC. The van der Waals surface area contributed by atoms with E-state index in [0.717, 1.165) is 31.5 Å². The lowest BCUT2D eigenvalue weighted by Gasteiger charge is -2.31. The fourth-order valence-electron chi connectivity index (χ4n) is 2.81. The van der Waals surface area contributed by atoms with Crippen LogP contribution in [-0.4, -0.2) is 48.7 Å². The van der Waals surface area contributed by atoms with Gasteiger partial charge >= 0.3 is 5.97 Å². The second kappa shape index (κ2) is 6.90. The summed E-state index contributed by atoms with van der Waals surface area (Å²) in [4.78, 5) is 14.8. The lowest BCUT2D eigenvalue weighted by molar-refractivity contribution is -0.151. The average molecular weight is 282 g/mol. The summed E-state index contributed by atoms with van der Waals surface area (Å²) < 4.78 is 5.24. The summed E-state index contributed by atoms with van der Waals surface area (Å²) in [5, 5.41) is 3.33. The number of nitrogens with one attached hydrogen (secondary N) is 1. The number of ether oxygens (including phenoxy) is 1. The van der Waals surface area contributed by atoms with Crippen LogP contribution >= 0.6 is 0 Å². The maximum Gasteiger partial charge on any atom is 0.326 e. The van der Waals surface area contributed by atoms with E-state index in [1.54, 1.807) is 0 Å². The second-order valence-corrected chi connectivity index (χ2v) is 6.50. The fourth-order valence-corrected chi connectivity index (χ4v) is 2.81. The first kappa shape index (κ1) is 15.8. The molecule has 2 rings (SSSR count). The van der Waals surface area contributed by atoms with Crippen LogP contribution in [0.4, 0.5) is 0 Å². The van der Waals surface area contributed by atoms with Crippen LogP contribution in [0.2, 0.25) is 0 Å². The van der Waals surface area contributed by atoms with Crippen molar-refractivity contribution in [1.29, 1.82) is 0 Å². The molecule has 0 heterocycles. The maximum absolute atomic E-state index is 12.2. The van der Waals surface area contributed by atoms with Gasteiger partial charge in [-0.25, -0.2) is 0 Å².